The van der Waals surface area contributed by atoms with Crippen molar-refractivity contribution >= 4 is 68.2 Å². The first-order chi connectivity index (χ1) is 20.0. The van der Waals surface area contributed by atoms with Crippen LogP contribution in [-0.4, -0.2) is 48.6 Å². The Hall–Kier alpha value is -4.27. The Morgan fingerprint density at radius 3 is 2.60 bits per heavy atom. The summed E-state index contributed by atoms with van der Waals surface area (Å²) < 4.78 is 31.2. The van der Waals surface area contributed by atoms with Gasteiger partial charge in [-0.1, -0.05) is 35.3 Å². The van der Waals surface area contributed by atoms with E-state index in [1.165, 1.54) is 42.6 Å². The van der Waals surface area contributed by atoms with Gasteiger partial charge in [-0.3, -0.25) is 19.7 Å². The van der Waals surface area contributed by atoms with E-state index in [0.717, 1.165) is 30.0 Å². The van der Waals surface area contributed by atoms with Gasteiger partial charge in [-0.15, -0.1) is 5.10 Å². The highest BCUT2D eigenvalue weighted by molar-refractivity contribution is 7.87. The van der Waals surface area contributed by atoms with E-state index in [2.05, 4.69) is 20.7 Å². The number of nitro benzene ring substituents is 1. The Labute approximate surface area is 249 Å². The predicted octanol–water partition coefficient (Wildman–Crippen LogP) is 4.37. The van der Waals surface area contributed by atoms with Gasteiger partial charge in [0.25, 0.3) is 11.6 Å². The summed E-state index contributed by atoms with van der Waals surface area (Å²) >= 11 is 12.4. The quantitative estimate of drug-likeness (QED) is 0.197. The molecule has 2 N–H and O–H groups in total. The third-order valence-electron chi connectivity index (χ3n) is 6.41. The lowest BCUT2D eigenvalue weighted by Gasteiger charge is -2.22. The maximum atomic E-state index is 13.6. The van der Waals surface area contributed by atoms with Crippen molar-refractivity contribution in [2.75, 3.05) is 16.9 Å². The highest BCUT2D eigenvalue weighted by Gasteiger charge is 2.39. The summed E-state index contributed by atoms with van der Waals surface area (Å²) in [5.41, 5.74) is -0.398. The molecule has 1 aliphatic carbocycles. The van der Waals surface area contributed by atoms with Gasteiger partial charge in [0.15, 0.2) is 10.7 Å². The first-order valence-electron chi connectivity index (χ1n) is 12.6. The van der Waals surface area contributed by atoms with Crippen LogP contribution in [0, 0.1) is 16.0 Å². The number of anilines is 2. The summed E-state index contributed by atoms with van der Waals surface area (Å²) in [6, 6.07) is 10.9. The van der Waals surface area contributed by atoms with Crippen molar-refractivity contribution in [1.82, 2.24) is 10.3 Å². The van der Waals surface area contributed by atoms with Crippen LogP contribution >= 0.6 is 23.2 Å². The van der Waals surface area contributed by atoms with E-state index in [4.69, 9.17) is 27.4 Å². The largest absolute Gasteiger partial charge is 0.361 e. The number of nitro groups is 1. The van der Waals surface area contributed by atoms with Crippen LogP contribution in [0.3, 0.4) is 0 Å². The highest BCUT2D eigenvalue weighted by atomic mass is 35.5. The number of hydrogen-bond donors (Lipinski definition) is 2. The third-order valence-corrected chi connectivity index (χ3v) is 8.24. The van der Waals surface area contributed by atoms with Crippen molar-refractivity contribution in [3.05, 3.63) is 86.5 Å². The maximum absolute atomic E-state index is 13.6. The lowest BCUT2D eigenvalue weighted by Crippen LogP contribution is -2.39. The number of hydrogen-bond acceptors (Lipinski definition) is 10. The monoisotopic (exact) mass is 632 g/mol. The molecule has 218 valence electrons. The second kappa shape index (κ2) is 11.9. The van der Waals surface area contributed by atoms with Gasteiger partial charge in [-0.2, -0.15) is 8.42 Å². The van der Waals surface area contributed by atoms with Gasteiger partial charge in [0, 0.05) is 23.8 Å². The summed E-state index contributed by atoms with van der Waals surface area (Å²) in [6.45, 7) is 0.496. The lowest BCUT2D eigenvalue weighted by atomic mass is 10.1. The minimum atomic E-state index is -4.73. The zero-order valence-corrected chi connectivity index (χ0v) is 23.9. The second-order valence-corrected chi connectivity index (χ2v) is 11.8. The predicted molar refractivity (Wildman–Crippen MR) is 154 cm³/mol. The Morgan fingerprint density at radius 1 is 1.12 bits per heavy atom. The third kappa shape index (κ3) is 6.45. The van der Waals surface area contributed by atoms with Crippen molar-refractivity contribution in [2.45, 2.75) is 30.2 Å². The molecule has 5 rings (SSSR count). The van der Waals surface area contributed by atoms with Crippen LogP contribution in [0.4, 0.5) is 17.2 Å². The molecule has 2 aromatic carbocycles. The maximum Gasteiger partial charge on any atom is 0.347 e. The number of halogens is 2. The van der Waals surface area contributed by atoms with Gasteiger partial charge in [-0.05, 0) is 55.2 Å². The van der Waals surface area contributed by atoms with Crippen LogP contribution < -0.4 is 15.6 Å². The number of para-hydroxylation sites is 1. The van der Waals surface area contributed by atoms with Crippen molar-refractivity contribution in [3.8, 4) is 0 Å². The van der Waals surface area contributed by atoms with Gasteiger partial charge in [0.1, 0.15) is 6.04 Å². The van der Waals surface area contributed by atoms with E-state index in [1.54, 1.807) is 6.07 Å². The number of hydrazone groups is 1. The minimum absolute atomic E-state index is 0.0273. The fourth-order valence-electron chi connectivity index (χ4n) is 4.15. The number of aromatic nitrogens is 1. The molecule has 0 bridgehead atoms. The van der Waals surface area contributed by atoms with E-state index in [1.807, 2.05) is 0 Å². The van der Waals surface area contributed by atoms with E-state index in [-0.39, 0.29) is 33.5 Å². The number of nitrogens with one attached hydrogen (secondary N) is 2. The zero-order valence-electron chi connectivity index (χ0n) is 21.6. The average molecular weight is 633 g/mol. The number of pyridine rings is 1. The summed E-state index contributed by atoms with van der Waals surface area (Å²) in [4.78, 5) is 40.5. The molecule has 13 nitrogen and oxygen atoms in total. The fourth-order valence-corrected chi connectivity index (χ4v) is 5.62. The summed E-state index contributed by atoms with van der Waals surface area (Å²) in [5.74, 6) is -1.11. The molecule has 1 unspecified atom stereocenters. The molecule has 1 saturated carbocycles. The topological polar surface area (TPSA) is 173 Å². The molecular weight excluding hydrogens is 611 g/mol. The van der Waals surface area contributed by atoms with E-state index in [0.29, 0.717) is 12.5 Å². The molecule has 2 aliphatic rings. The Morgan fingerprint density at radius 2 is 1.88 bits per heavy atom. The molecule has 42 heavy (non-hydrogen) atoms. The molecule has 16 heteroatoms. The first kappa shape index (κ1) is 29.2. The molecule has 1 aromatic heterocycles. The molecular formula is C26H22Cl2N6O7S. The van der Waals surface area contributed by atoms with Gasteiger partial charge in [0.2, 0.25) is 11.8 Å². The SMILES string of the molecule is O=C(NCC1CC1)c1cc(Cl)ccc1NC(=O)C1CC(OS(=O)(=O)c2ccccc2[N+](=O)[O-])=NN1c1ncccc1Cl. The Kier molecular flexibility index (Phi) is 8.29. The summed E-state index contributed by atoms with van der Waals surface area (Å²) in [7, 11) is -4.73. The van der Waals surface area contributed by atoms with Gasteiger partial charge in [0.05, 0.1) is 27.6 Å². The summed E-state index contributed by atoms with van der Waals surface area (Å²) in [5, 5.41) is 22.5. The van der Waals surface area contributed by atoms with Crippen LogP contribution in [0.25, 0.3) is 0 Å². The Balaban J connectivity index is 1.43. The van der Waals surface area contributed by atoms with Gasteiger partial charge >= 0.3 is 10.1 Å². The molecule has 0 spiro atoms. The minimum Gasteiger partial charge on any atom is -0.361 e. The Bertz CT molecular complexity index is 1710. The average Bonchev–Trinajstić information content (AvgIpc) is 3.70. The number of carbonyl (C=O) groups excluding carboxylic acids is 2. The van der Waals surface area contributed by atoms with Crippen molar-refractivity contribution < 1.29 is 27.1 Å². The standard InChI is InChI=1S/C26H22Cl2N6O7S/c27-16-9-10-19(17(12-16)25(35)30-14-15-7-8-15)31-26(36)21-13-23(32-33(21)24-18(28)4-3-11-29-24)41-42(39,40)22-6-2-1-5-20(22)34(37)38/h1-6,9-12,15,21H,7-8,13-14H2,(H,30,35)(H,31,36). The second-order valence-electron chi connectivity index (χ2n) is 9.46. The fraction of sp³-hybridized carbons (Fsp3) is 0.231. The van der Waals surface area contributed by atoms with Crippen molar-refractivity contribution in [1.29, 1.82) is 0 Å². The molecule has 1 atom stereocenters. The number of carbonyl (C=O) groups is 2. The molecule has 1 aliphatic heterocycles. The van der Waals surface area contributed by atoms with Gasteiger partial charge < -0.3 is 14.8 Å². The zero-order chi connectivity index (χ0) is 30.0. The first-order valence-corrected chi connectivity index (χ1v) is 14.7. The summed E-state index contributed by atoms with van der Waals surface area (Å²) in [6.07, 6.45) is 3.08. The van der Waals surface area contributed by atoms with Gasteiger partial charge in [-0.25, -0.2) is 9.99 Å². The smallest absolute Gasteiger partial charge is 0.347 e. The van der Waals surface area contributed by atoms with E-state index in [9.17, 15) is 28.1 Å². The van der Waals surface area contributed by atoms with E-state index < -0.39 is 49.4 Å². The molecule has 1 fully saturated rings. The lowest BCUT2D eigenvalue weighted by molar-refractivity contribution is -0.387. The molecule has 0 radical (unpaired) electrons. The highest BCUT2D eigenvalue weighted by Crippen LogP contribution is 2.33. The number of nitrogens with zero attached hydrogens (tertiary/aromatic N) is 4. The van der Waals surface area contributed by atoms with E-state index >= 15 is 0 Å². The number of benzene rings is 2. The molecule has 2 heterocycles. The van der Waals surface area contributed by atoms with Crippen LogP contribution in [0.5, 0.6) is 0 Å². The number of rotatable bonds is 9. The normalized spacial score (nSPS) is 16.5. The van der Waals surface area contributed by atoms with Crippen LogP contribution in [0.15, 0.2) is 70.8 Å². The van der Waals surface area contributed by atoms with Crippen molar-refractivity contribution in [3.63, 3.8) is 0 Å². The molecule has 0 saturated heterocycles. The number of amides is 2. The van der Waals surface area contributed by atoms with Crippen molar-refractivity contribution in [2.24, 2.45) is 11.0 Å². The van der Waals surface area contributed by atoms with Crippen LogP contribution in [0.1, 0.15) is 29.6 Å². The molecule has 2 amide bonds. The van der Waals surface area contributed by atoms with Crippen LogP contribution in [-0.2, 0) is 19.1 Å². The van der Waals surface area contributed by atoms with Crippen LogP contribution in [0.2, 0.25) is 10.0 Å². The molecule has 3 aromatic rings.